The van der Waals surface area contributed by atoms with E-state index in [1.165, 1.54) is 12.8 Å². The highest BCUT2D eigenvalue weighted by molar-refractivity contribution is 5.95. The van der Waals surface area contributed by atoms with E-state index >= 15 is 0 Å². The molecule has 3 amide bonds. The summed E-state index contributed by atoms with van der Waals surface area (Å²) >= 11 is 0. The fourth-order valence-electron chi connectivity index (χ4n) is 2.96. The Morgan fingerprint density at radius 3 is 2.25 bits per heavy atom. The number of anilines is 1. The molecule has 1 aromatic carbocycles. The van der Waals surface area contributed by atoms with Crippen molar-refractivity contribution in [3.8, 4) is 0 Å². The predicted molar refractivity (Wildman–Crippen MR) is 96.5 cm³/mol. The van der Waals surface area contributed by atoms with Gasteiger partial charge in [0.25, 0.3) is 5.91 Å². The van der Waals surface area contributed by atoms with Crippen LogP contribution >= 0.6 is 12.4 Å². The number of rotatable bonds is 5. The van der Waals surface area contributed by atoms with Crippen LogP contribution in [-0.4, -0.2) is 42.5 Å². The number of amides is 3. The standard InChI is InChI=1S/C17H24N4O2.ClH/c18-17(23)20-15-5-3-13(4-6-15)16(22)21-9-7-14(8-10-21)19-11-12-1-2-12;/h3-6,12,14,19H,1-2,7-11H2,(H3,18,20,23);1H. The Labute approximate surface area is 148 Å². The number of hydrogen-bond acceptors (Lipinski definition) is 3. The Morgan fingerprint density at radius 2 is 1.71 bits per heavy atom. The zero-order chi connectivity index (χ0) is 16.2. The number of hydrogen-bond donors (Lipinski definition) is 3. The van der Waals surface area contributed by atoms with Crippen molar-refractivity contribution in [2.75, 3.05) is 25.0 Å². The third kappa shape index (κ3) is 5.11. The van der Waals surface area contributed by atoms with Crippen LogP contribution in [0.2, 0.25) is 0 Å². The second kappa shape index (κ2) is 8.35. The summed E-state index contributed by atoms with van der Waals surface area (Å²) in [7, 11) is 0. The van der Waals surface area contributed by atoms with E-state index in [1.807, 2.05) is 4.90 Å². The molecule has 0 unspecified atom stereocenters. The summed E-state index contributed by atoms with van der Waals surface area (Å²) in [6.07, 6.45) is 4.76. The van der Waals surface area contributed by atoms with Crippen molar-refractivity contribution >= 4 is 30.0 Å². The minimum absolute atomic E-state index is 0. The van der Waals surface area contributed by atoms with Gasteiger partial charge in [-0.3, -0.25) is 4.79 Å². The van der Waals surface area contributed by atoms with E-state index in [0.717, 1.165) is 38.4 Å². The fraction of sp³-hybridized carbons (Fsp3) is 0.529. The molecule has 2 fully saturated rings. The fourth-order valence-corrected chi connectivity index (χ4v) is 2.96. The second-order valence-electron chi connectivity index (χ2n) is 6.48. The number of urea groups is 1. The first-order valence-corrected chi connectivity index (χ1v) is 8.31. The Bertz CT molecular complexity index is 566. The van der Waals surface area contributed by atoms with Crippen molar-refractivity contribution in [1.82, 2.24) is 10.2 Å². The molecule has 6 nitrogen and oxygen atoms in total. The molecule has 0 atom stereocenters. The van der Waals surface area contributed by atoms with Gasteiger partial charge in [-0.1, -0.05) is 0 Å². The number of carbonyl (C=O) groups is 2. The molecule has 1 saturated carbocycles. The number of nitrogens with zero attached hydrogens (tertiary/aromatic N) is 1. The summed E-state index contributed by atoms with van der Waals surface area (Å²) in [4.78, 5) is 25.2. The first kappa shape index (κ1) is 18.5. The highest BCUT2D eigenvalue weighted by Crippen LogP contribution is 2.28. The maximum Gasteiger partial charge on any atom is 0.316 e. The molecule has 7 heteroatoms. The highest BCUT2D eigenvalue weighted by atomic mass is 35.5. The van der Waals surface area contributed by atoms with Gasteiger partial charge in [0.15, 0.2) is 0 Å². The van der Waals surface area contributed by atoms with Crippen LogP contribution in [0.1, 0.15) is 36.0 Å². The summed E-state index contributed by atoms with van der Waals surface area (Å²) in [6, 6.07) is 6.78. The molecule has 2 aliphatic rings. The first-order valence-electron chi connectivity index (χ1n) is 8.31. The van der Waals surface area contributed by atoms with Gasteiger partial charge in [0.05, 0.1) is 0 Å². The summed E-state index contributed by atoms with van der Waals surface area (Å²) < 4.78 is 0. The summed E-state index contributed by atoms with van der Waals surface area (Å²) in [5.74, 6) is 0.943. The van der Waals surface area contributed by atoms with Crippen molar-refractivity contribution in [1.29, 1.82) is 0 Å². The molecule has 1 aromatic rings. The summed E-state index contributed by atoms with van der Waals surface area (Å²) in [5, 5.41) is 6.11. The minimum Gasteiger partial charge on any atom is -0.351 e. The number of nitrogens with one attached hydrogen (secondary N) is 2. The molecular formula is C17H25ClN4O2. The Morgan fingerprint density at radius 1 is 1.08 bits per heavy atom. The molecule has 1 saturated heterocycles. The topological polar surface area (TPSA) is 87.5 Å². The third-order valence-electron chi connectivity index (χ3n) is 4.57. The van der Waals surface area contributed by atoms with E-state index in [1.54, 1.807) is 24.3 Å². The van der Waals surface area contributed by atoms with Gasteiger partial charge in [0.2, 0.25) is 0 Å². The first-order chi connectivity index (χ1) is 11.1. The highest BCUT2D eigenvalue weighted by Gasteiger charge is 2.26. The number of benzene rings is 1. The zero-order valence-electron chi connectivity index (χ0n) is 13.7. The van der Waals surface area contributed by atoms with Gasteiger partial charge >= 0.3 is 6.03 Å². The lowest BCUT2D eigenvalue weighted by Gasteiger charge is -2.32. The Kier molecular flexibility index (Phi) is 6.45. The number of carbonyl (C=O) groups excluding carboxylic acids is 2. The molecule has 1 heterocycles. The molecule has 1 aliphatic carbocycles. The van der Waals surface area contributed by atoms with Crippen molar-refractivity contribution in [3.05, 3.63) is 29.8 Å². The van der Waals surface area contributed by atoms with Crippen LogP contribution in [0.3, 0.4) is 0 Å². The van der Waals surface area contributed by atoms with Gasteiger partial charge in [-0.2, -0.15) is 0 Å². The van der Waals surface area contributed by atoms with E-state index < -0.39 is 6.03 Å². The zero-order valence-corrected chi connectivity index (χ0v) is 14.5. The predicted octanol–water partition coefficient (Wildman–Crippen LogP) is 2.20. The van der Waals surface area contributed by atoms with Crippen molar-refractivity contribution in [2.45, 2.75) is 31.7 Å². The van der Waals surface area contributed by atoms with Crippen LogP contribution in [0.4, 0.5) is 10.5 Å². The van der Waals surface area contributed by atoms with Crippen LogP contribution in [0, 0.1) is 5.92 Å². The van der Waals surface area contributed by atoms with Crippen molar-refractivity contribution < 1.29 is 9.59 Å². The van der Waals surface area contributed by atoms with E-state index in [2.05, 4.69) is 10.6 Å². The SMILES string of the molecule is Cl.NC(=O)Nc1ccc(C(=O)N2CCC(NCC3CC3)CC2)cc1. The smallest absolute Gasteiger partial charge is 0.316 e. The van der Waals surface area contributed by atoms with Crippen molar-refractivity contribution in [2.24, 2.45) is 11.7 Å². The Hall–Kier alpha value is -1.79. The van der Waals surface area contributed by atoms with E-state index in [0.29, 0.717) is 17.3 Å². The average molecular weight is 353 g/mol. The number of primary amides is 1. The average Bonchev–Trinajstić information content (AvgIpc) is 3.37. The molecule has 3 rings (SSSR count). The van der Waals surface area contributed by atoms with Gasteiger partial charge in [0, 0.05) is 30.4 Å². The monoisotopic (exact) mass is 352 g/mol. The van der Waals surface area contributed by atoms with Gasteiger partial charge in [-0.25, -0.2) is 4.79 Å². The quantitative estimate of drug-likeness (QED) is 0.759. The van der Waals surface area contributed by atoms with Crippen LogP contribution in [0.25, 0.3) is 0 Å². The third-order valence-corrected chi connectivity index (χ3v) is 4.57. The molecule has 0 radical (unpaired) electrons. The molecule has 0 spiro atoms. The number of halogens is 1. The maximum absolute atomic E-state index is 12.5. The molecule has 132 valence electrons. The maximum atomic E-state index is 12.5. The lowest BCUT2D eigenvalue weighted by atomic mass is 10.0. The van der Waals surface area contributed by atoms with Crippen LogP contribution in [-0.2, 0) is 0 Å². The normalized spacial score (nSPS) is 17.9. The number of likely N-dealkylation sites (tertiary alicyclic amines) is 1. The lowest BCUT2D eigenvalue weighted by Crippen LogP contribution is -2.45. The summed E-state index contributed by atoms with van der Waals surface area (Å²) in [5.41, 5.74) is 6.31. The van der Waals surface area contributed by atoms with Crippen LogP contribution in [0.5, 0.6) is 0 Å². The van der Waals surface area contributed by atoms with Crippen LogP contribution in [0.15, 0.2) is 24.3 Å². The molecule has 0 bridgehead atoms. The number of nitrogens with two attached hydrogens (primary N) is 1. The number of piperidine rings is 1. The largest absolute Gasteiger partial charge is 0.351 e. The second-order valence-corrected chi connectivity index (χ2v) is 6.48. The molecule has 0 aromatic heterocycles. The van der Waals surface area contributed by atoms with Gasteiger partial charge < -0.3 is 21.3 Å². The van der Waals surface area contributed by atoms with Gasteiger partial charge in [-0.05, 0) is 62.4 Å². The van der Waals surface area contributed by atoms with E-state index in [-0.39, 0.29) is 18.3 Å². The van der Waals surface area contributed by atoms with Gasteiger partial charge in [0.1, 0.15) is 0 Å². The van der Waals surface area contributed by atoms with Gasteiger partial charge in [-0.15, -0.1) is 12.4 Å². The van der Waals surface area contributed by atoms with Crippen LogP contribution < -0.4 is 16.4 Å². The molecular weight excluding hydrogens is 328 g/mol. The van der Waals surface area contributed by atoms with E-state index in [4.69, 9.17) is 5.73 Å². The Balaban J connectivity index is 0.00000208. The minimum atomic E-state index is -0.607. The lowest BCUT2D eigenvalue weighted by molar-refractivity contribution is 0.0705. The molecule has 1 aliphatic heterocycles. The summed E-state index contributed by atoms with van der Waals surface area (Å²) in [6.45, 7) is 2.72. The van der Waals surface area contributed by atoms with Crippen molar-refractivity contribution in [3.63, 3.8) is 0 Å². The molecule has 4 N–H and O–H groups in total. The van der Waals surface area contributed by atoms with E-state index in [9.17, 15) is 9.59 Å². The molecule has 24 heavy (non-hydrogen) atoms.